The molecule has 0 bridgehead atoms. The van der Waals surface area contributed by atoms with E-state index < -0.39 is 0 Å². The Morgan fingerprint density at radius 1 is 1.21 bits per heavy atom. The highest BCUT2D eigenvalue weighted by Gasteiger charge is 2.10. The molecule has 24 heavy (non-hydrogen) atoms. The molecule has 0 atom stereocenters. The summed E-state index contributed by atoms with van der Waals surface area (Å²) in [5.74, 6) is -0.0989. The molecular formula is C19H19BrN2O2. The van der Waals surface area contributed by atoms with Crippen LogP contribution in [0.1, 0.15) is 15.9 Å². The van der Waals surface area contributed by atoms with Gasteiger partial charge in [0.2, 0.25) is 0 Å². The van der Waals surface area contributed by atoms with Gasteiger partial charge in [0.25, 0.3) is 5.91 Å². The molecule has 0 fully saturated rings. The van der Waals surface area contributed by atoms with E-state index in [0.29, 0.717) is 12.2 Å². The van der Waals surface area contributed by atoms with Gasteiger partial charge < -0.3 is 14.6 Å². The zero-order valence-corrected chi connectivity index (χ0v) is 15.3. The van der Waals surface area contributed by atoms with Crippen LogP contribution in [0.2, 0.25) is 0 Å². The first-order valence-electron chi connectivity index (χ1n) is 7.74. The molecule has 3 rings (SSSR count). The SMILES string of the molecule is COCCn1ccc2cc(NC(=O)c3ccc(Br)cc3C)ccc21. The summed E-state index contributed by atoms with van der Waals surface area (Å²) < 4.78 is 8.24. The number of carbonyl (C=O) groups is 1. The van der Waals surface area contributed by atoms with Gasteiger partial charge in [-0.2, -0.15) is 0 Å². The van der Waals surface area contributed by atoms with Gasteiger partial charge >= 0.3 is 0 Å². The highest BCUT2D eigenvalue weighted by molar-refractivity contribution is 9.10. The average Bonchev–Trinajstić information content (AvgIpc) is 2.95. The molecule has 5 heteroatoms. The van der Waals surface area contributed by atoms with Crippen LogP contribution in [0.4, 0.5) is 5.69 Å². The van der Waals surface area contributed by atoms with Crippen molar-refractivity contribution in [3.05, 3.63) is 64.3 Å². The lowest BCUT2D eigenvalue weighted by Gasteiger charge is -2.09. The molecule has 0 aliphatic rings. The molecule has 124 valence electrons. The van der Waals surface area contributed by atoms with E-state index >= 15 is 0 Å². The second-order valence-electron chi connectivity index (χ2n) is 5.69. The number of halogens is 1. The molecule has 4 nitrogen and oxygen atoms in total. The van der Waals surface area contributed by atoms with Crippen LogP contribution < -0.4 is 5.32 Å². The third-order valence-corrected chi connectivity index (χ3v) is 4.49. The van der Waals surface area contributed by atoms with Crippen molar-refractivity contribution < 1.29 is 9.53 Å². The molecule has 0 saturated heterocycles. The first kappa shape index (κ1) is 16.7. The van der Waals surface area contributed by atoms with Crippen LogP contribution in [0.25, 0.3) is 10.9 Å². The second-order valence-corrected chi connectivity index (χ2v) is 6.60. The van der Waals surface area contributed by atoms with Gasteiger partial charge in [0.15, 0.2) is 0 Å². The molecular weight excluding hydrogens is 368 g/mol. The average molecular weight is 387 g/mol. The lowest BCUT2D eigenvalue weighted by atomic mass is 10.1. The summed E-state index contributed by atoms with van der Waals surface area (Å²) in [4.78, 5) is 12.5. The van der Waals surface area contributed by atoms with Gasteiger partial charge in [-0.25, -0.2) is 0 Å². The Hall–Kier alpha value is -2.11. The highest BCUT2D eigenvalue weighted by atomic mass is 79.9. The van der Waals surface area contributed by atoms with Crippen molar-refractivity contribution in [3.8, 4) is 0 Å². The third kappa shape index (κ3) is 3.52. The molecule has 0 aliphatic carbocycles. The number of ether oxygens (including phenoxy) is 1. The summed E-state index contributed by atoms with van der Waals surface area (Å²) in [5, 5.41) is 4.07. The largest absolute Gasteiger partial charge is 0.383 e. The van der Waals surface area contributed by atoms with Gasteiger partial charge in [-0.3, -0.25) is 4.79 Å². The van der Waals surface area contributed by atoms with E-state index in [0.717, 1.165) is 33.2 Å². The summed E-state index contributed by atoms with van der Waals surface area (Å²) >= 11 is 3.42. The lowest BCUT2D eigenvalue weighted by Crippen LogP contribution is -2.13. The maximum absolute atomic E-state index is 12.5. The fourth-order valence-corrected chi connectivity index (χ4v) is 3.22. The summed E-state index contributed by atoms with van der Waals surface area (Å²) in [6.07, 6.45) is 2.04. The van der Waals surface area contributed by atoms with Crippen LogP contribution in [0.3, 0.4) is 0 Å². The number of aryl methyl sites for hydroxylation is 1. The van der Waals surface area contributed by atoms with Crippen LogP contribution in [-0.2, 0) is 11.3 Å². The number of fused-ring (bicyclic) bond motifs is 1. The number of benzene rings is 2. The number of hydrogen-bond acceptors (Lipinski definition) is 2. The number of hydrogen-bond donors (Lipinski definition) is 1. The van der Waals surface area contributed by atoms with Crippen LogP contribution >= 0.6 is 15.9 Å². The van der Waals surface area contributed by atoms with Gasteiger partial charge in [-0.15, -0.1) is 0 Å². The predicted octanol–water partition coefficient (Wildman–Crippen LogP) is 4.61. The molecule has 1 N–H and O–H groups in total. The van der Waals surface area contributed by atoms with Gasteiger partial charge in [0.1, 0.15) is 0 Å². The van der Waals surface area contributed by atoms with Crippen molar-refractivity contribution in [1.29, 1.82) is 0 Å². The molecule has 1 heterocycles. The summed E-state index contributed by atoms with van der Waals surface area (Å²) in [6.45, 7) is 3.41. The van der Waals surface area contributed by atoms with Gasteiger partial charge in [-0.1, -0.05) is 15.9 Å². The Balaban J connectivity index is 1.81. The van der Waals surface area contributed by atoms with Gasteiger partial charge in [0, 0.05) is 46.5 Å². The number of anilines is 1. The molecule has 0 saturated carbocycles. The summed E-state index contributed by atoms with van der Waals surface area (Å²) in [7, 11) is 1.70. The van der Waals surface area contributed by atoms with E-state index in [4.69, 9.17) is 4.74 Å². The third-order valence-electron chi connectivity index (χ3n) is 4.00. The normalized spacial score (nSPS) is 11.0. The van der Waals surface area contributed by atoms with E-state index in [9.17, 15) is 4.79 Å². The van der Waals surface area contributed by atoms with Crippen LogP contribution in [-0.4, -0.2) is 24.2 Å². The molecule has 0 aliphatic heterocycles. The molecule has 1 amide bonds. The van der Waals surface area contributed by atoms with Crippen molar-refractivity contribution in [2.45, 2.75) is 13.5 Å². The lowest BCUT2D eigenvalue weighted by molar-refractivity contribution is 0.102. The molecule has 1 aromatic heterocycles. The standard InChI is InChI=1S/C19H19BrN2O2/c1-13-11-15(20)3-5-17(13)19(23)21-16-4-6-18-14(12-16)7-8-22(18)9-10-24-2/h3-8,11-12H,9-10H2,1-2H3,(H,21,23). The number of rotatable bonds is 5. The van der Waals surface area contributed by atoms with E-state index in [2.05, 4.69) is 25.8 Å². The number of aromatic nitrogens is 1. The molecule has 0 unspecified atom stereocenters. The van der Waals surface area contributed by atoms with Crippen molar-refractivity contribution >= 4 is 38.4 Å². The van der Waals surface area contributed by atoms with E-state index in [1.807, 2.05) is 55.6 Å². The van der Waals surface area contributed by atoms with E-state index in [1.54, 1.807) is 7.11 Å². The number of nitrogens with zero attached hydrogens (tertiary/aromatic N) is 1. The Morgan fingerprint density at radius 3 is 2.79 bits per heavy atom. The fraction of sp³-hybridized carbons (Fsp3) is 0.211. The fourth-order valence-electron chi connectivity index (χ4n) is 2.74. The van der Waals surface area contributed by atoms with Crippen LogP contribution in [0.5, 0.6) is 0 Å². The number of carbonyl (C=O) groups excluding carboxylic acids is 1. The summed E-state index contributed by atoms with van der Waals surface area (Å²) in [6, 6.07) is 13.6. The topological polar surface area (TPSA) is 43.3 Å². The van der Waals surface area contributed by atoms with E-state index in [1.165, 1.54) is 0 Å². The predicted molar refractivity (Wildman–Crippen MR) is 101 cm³/mol. The maximum Gasteiger partial charge on any atom is 0.255 e. The van der Waals surface area contributed by atoms with Crippen LogP contribution in [0.15, 0.2) is 53.1 Å². The zero-order valence-electron chi connectivity index (χ0n) is 13.7. The molecule has 0 spiro atoms. The zero-order chi connectivity index (χ0) is 17.1. The first-order valence-corrected chi connectivity index (χ1v) is 8.53. The van der Waals surface area contributed by atoms with Gasteiger partial charge in [-0.05, 0) is 55.0 Å². The monoisotopic (exact) mass is 386 g/mol. The summed E-state index contributed by atoms with van der Waals surface area (Å²) in [5.41, 5.74) is 3.54. The minimum atomic E-state index is -0.0989. The number of amides is 1. The van der Waals surface area contributed by atoms with Crippen LogP contribution in [0, 0.1) is 6.92 Å². The van der Waals surface area contributed by atoms with Gasteiger partial charge in [0.05, 0.1) is 6.61 Å². The highest BCUT2D eigenvalue weighted by Crippen LogP contribution is 2.22. The Labute approximate surface area is 149 Å². The maximum atomic E-state index is 12.5. The molecule has 3 aromatic rings. The minimum Gasteiger partial charge on any atom is -0.383 e. The quantitative estimate of drug-likeness (QED) is 0.695. The van der Waals surface area contributed by atoms with Crippen molar-refractivity contribution in [2.24, 2.45) is 0 Å². The molecule has 2 aromatic carbocycles. The second kappa shape index (κ2) is 7.20. The van der Waals surface area contributed by atoms with Crippen molar-refractivity contribution in [3.63, 3.8) is 0 Å². The smallest absolute Gasteiger partial charge is 0.255 e. The van der Waals surface area contributed by atoms with Crippen molar-refractivity contribution in [1.82, 2.24) is 4.57 Å². The number of nitrogens with one attached hydrogen (secondary N) is 1. The van der Waals surface area contributed by atoms with E-state index in [-0.39, 0.29) is 5.91 Å². The Morgan fingerprint density at radius 2 is 2.04 bits per heavy atom. The first-order chi connectivity index (χ1) is 11.6. The minimum absolute atomic E-state index is 0.0989. The van der Waals surface area contributed by atoms with Crippen molar-refractivity contribution in [2.75, 3.05) is 19.0 Å². The Bertz CT molecular complexity index is 886. The molecule has 0 radical (unpaired) electrons. The number of methoxy groups -OCH3 is 1. The Kier molecular flexibility index (Phi) is 5.02.